The van der Waals surface area contributed by atoms with Crippen LogP contribution in [0, 0.1) is 0 Å². The highest BCUT2D eigenvalue weighted by atomic mass is 32.1. The Morgan fingerprint density at radius 1 is 0.958 bits per heavy atom. The normalized spacial score (nSPS) is 11.3. The lowest BCUT2D eigenvalue weighted by Crippen LogP contribution is -2.30. The Labute approximate surface area is 147 Å². The second-order valence-electron chi connectivity index (χ2n) is 5.17. The van der Waals surface area contributed by atoms with E-state index in [1.807, 2.05) is 49.4 Å². The van der Waals surface area contributed by atoms with E-state index in [9.17, 15) is 0 Å². The van der Waals surface area contributed by atoms with Crippen molar-refractivity contribution < 1.29 is 14.2 Å². The van der Waals surface area contributed by atoms with E-state index in [0.717, 1.165) is 17.0 Å². The highest BCUT2D eigenvalue weighted by Gasteiger charge is 2.10. The zero-order valence-electron chi connectivity index (χ0n) is 14.3. The van der Waals surface area contributed by atoms with E-state index >= 15 is 0 Å². The summed E-state index contributed by atoms with van der Waals surface area (Å²) in [6.07, 6.45) is 0. The molecule has 0 radical (unpaired) electrons. The molecule has 2 aromatic carbocycles. The van der Waals surface area contributed by atoms with Crippen molar-refractivity contribution in [1.29, 1.82) is 0 Å². The number of nitrogens with one attached hydrogen (secondary N) is 2. The molecule has 0 saturated carbocycles. The van der Waals surface area contributed by atoms with E-state index in [0.29, 0.717) is 16.6 Å². The second-order valence-corrected chi connectivity index (χ2v) is 5.57. The average molecular weight is 346 g/mol. The molecule has 5 nitrogen and oxygen atoms in total. The third kappa shape index (κ3) is 4.52. The average Bonchev–Trinajstić information content (AvgIpc) is 2.61. The smallest absolute Gasteiger partial charge is 0.171 e. The van der Waals surface area contributed by atoms with Gasteiger partial charge in [-0.25, -0.2) is 0 Å². The van der Waals surface area contributed by atoms with Gasteiger partial charge in [-0.3, -0.25) is 0 Å². The molecule has 0 aliphatic heterocycles. The molecule has 0 saturated heterocycles. The van der Waals surface area contributed by atoms with E-state index in [1.165, 1.54) is 0 Å². The van der Waals surface area contributed by atoms with Crippen LogP contribution in [0.4, 0.5) is 5.69 Å². The summed E-state index contributed by atoms with van der Waals surface area (Å²) in [6.45, 7) is 2.04. The summed E-state index contributed by atoms with van der Waals surface area (Å²) in [4.78, 5) is 0. The molecule has 0 aromatic heterocycles. The molecule has 0 amide bonds. The van der Waals surface area contributed by atoms with Gasteiger partial charge in [0.1, 0.15) is 5.75 Å². The quantitative estimate of drug-likeness (QED) is 0.777. The van der Waals surface area contributed by atoms with Gasteiger partial charge < -0.3 is 24.8 Å². The van der Waals surface area contributed by atoms with Crippen LogP contribution in [0.2, 0.25) is 0 Å². The van der Waals surface area contributed by atoms with Gasteiger partial charge in [0.15, 0.2) is 16.6 Å². The Bertz CT molecular complexity index is 706. The summed E-state index contributed by atoms with van der Waals surface area (Å²) in [5.41, 5.74) is 1.91. The Kier molecular flexibility index (Phi) is 6.26. The van der Waals surface area contributed by atoms with Crippen LogP contribution in [0.25, 0.3) is 0 Å². The monoisotopic (exact) mass is 346 g/mol. The van der Waals surface area contributed by atoms with Gasteiger partial charge in [0, 0.05) is 11.8 Å². The van der Waals surface area contributed by atoms with Gasteiger partial charge in [-0.05, 0) is 49.0 Å². The number of ether oxygens (including phenoxy) is 3. The molecule has 24 heavy (non-hydrogen) atoms. The van der Waals surface area contributed by atoms with Crippen LogP contribution < -0.4 is 24.8 Å². The summed E-state index contributed by atoms with van der Waals surface area (Å²) in [5.74, 6) is 2.14. The van der Waals surface area contributed by atoms with Gasteiger partial charge in [0.2, 0.25) is 0 Å². The summed E-state index contributed by atoms with van der Waals surface area (Å²) < 4.78 is 15.8. The Balaban J connectivity index is 2.02. The summed E-state index contributed by atoms with van der Waals surface area (Å²) in [6, 6.07) is 13.5. The van der Waals surface area contributed by atoms with Crippen molar-refractivity contribution in [2.45, 2.75) is 13.0 Å². The van der Waals surface area contributed by atoms with Gasteiger partial charge in [0.25, 0.3) is 0 Å². The van der Waals surface area contributed by atoms with Gasteiger partial charge in [0.05, 0.1) is 27.4 Å². The lowest BCUT2D eigenvalue weighted by Gasteiger charge is -2.18. The van der Waals surface area contributed by atoms with E-state index in [-0.39, 0.29) is 6.04 Å². The molecule has 2 aromatic rings. The minimum atomic E-state index is 0.0419. The molecule has 0 aliphatic rings. The second kappa shape index (κ2) is 8.40. The van der Waals surface area contributed by atoms with Crippen LogP contribution in [0.3, 0.4) is 0 Å². The minimum absolute atomic E-state index is 0.0419. The maximum absolute atomic E-state index is 5.39. The fourth-order valence-electron chi connectivity index (χ4n) is 2.27. The van der Waals surface area contributed by atoms with Gasteiger partial charge in [-0.1, -0.05) is 12.1 Å². The Hall–Kier alpha value is -2.47. The van der Waals surface area contributed by atoms with E-state index < -0.39 is 0 Å². The third-order valence-electron chi connectivity index (χ3n) is 3.58. The molecular weight excluding hydrogens is 324 g/mol. The van der Waals surface area contributed by atoms with E-state index in [1.54, 1.807) is 21.3 Å². The zero-order chi connectivity index (χ0) is 17.5. The fraction of sp³-hybridized carbons (Fsp3) is 0.278. The summed E-state index contributed by atoms with van der Waals surface area (Å²) >= 11 is 5.39. The lowest BCUT2D eigenvalue weighted by molar-refractivity contribution is 0.355. The maximum Gasteiger partial charge on any atom is 0.171 e. The number of anilines is 1. The number of thiocarbonyl (C=S) groups is 1. The molecule has 2 rings (SSSR count). The first-order valence-corrected chi connectivity index (χ1v) is 7.91. The predicted molar refractivity (Wildman–Crippen MR) is 100 cm³/mol. The Morgan fingerprint density at radius 2 is 1.71 bits per heavy atom. The van der Waals surface area contributed by atoms with Crippen molar-refractivity contribution >= 4 is 23.0 Å². The largest absolute Gasteiger partial charge is 0.497 e. The van der Waals surface area contributed by atoms with Crippen LogP contribution in [0.15, 0.2) is 42.5 Å². The minimum Gasteiger partial charge on any atom is -0.497 e. The van der Waals surface area contributed by atoms with E-state index in [4.69, 9.17) is 26.4 Å². The molecule has 6 heteroatoms. The zero-order valence-corrected chi connectivity index (χ0v) is 15.1. The molecule has 1 unspecified atom stereocenters. The summed E-state index contributed by atoms with van der Waals surface area (Å²) in [7, 11) is 4.86. The SMILES string of the molecule is COc1cccc(C(C)NC(=S)Nc2ccc(OC)c(OC)c2)c1. The molecular formula is C18H22N2O3S. The van der Waals surface area contributed by atoms with Crippen LogP contribution in [0.5, 0.6) is 17.2 Å². The highest BCUT2D eigenvalue weighted by molar-refractivity contribution is 7.80. The van der Waals surface area contributed by atoms with Gasteiger partial charge in [-0.2, -0.15) is 0 Å². The van der Waals surface area contributed by atoms with Crippen molar-refractivity contribution in [2.24, 2.45) is 0 Å². The summed E-state index contributed by atoms with van der Waals surface area (Å²) in [5, 5.41) is 6.93. The predicted octanol–water partition coefficient (Wildman–Crippen LogP) is 3.76. The first-order valence-electron chi connectivity index (χ1n) is 7.51. The molecule has 2 N–H and O–H groups in total. The Morgan fingerprint density at radius 3 is 2.38 bits per heavy atom. The van der Waals surface area contributed by atoms with Crippen molar-refractivity contribution in [1.82, 2.24) is 5.32 Å². The third-order valence-corrected chi connectivity index (χ3v) is 3.80. The number of hydrogen-bond donors (Lipinski definition) is 2. The standard InChI is InChI=1S/C18H22N2O3S/c1-12(13-6-5-7-15(10-13)21-2)19-18(24)20-14-8-9-16(22-3)17(11-14)23-4/h5-12H,1-4H3,(H2,19,20,24). The topological polar surface area (TPSA) is 51.8 Å². The van der Waals surface area contributed by atoms with Crippen LogP contribution >= 0.6 is 12.2 Å². The molecule has 128 valence electrons. The van der Waals surface area contributed by atoms with Crippen molar-refractivity contribution in [3.8, 4) is 17.2 Å². The van der Waals surface area contributed by atoms with Crippen LogP contribution in [0.1, 0.15) is 18.5 Å². The lowest BCUT2D eigenvalue weighted by atomic mass is 10.1. The first-order chi connectivity index (χ1) is 11.6. The molecule has 0 aliphatic carbocycles. The van der Waals surface area contributed by atoms with Crippen LogP contribution in [-0.4, -0.2) is 26.4 Å². The van der Waals surface area contributed by atoms with Crippen LogP contribution in [-0.2, 0) is 0 Å². The number of hydrogen-bond acceptors (Lipinski definition) is 4. The highest BCUT2D eigenvalue weighted by Crippen LogP contribution is 2.29. The fourth-order valence-corrected chi connectivity index (χ4v) is 2.57. The number of benzene rings is 2. The maximum atomic E-state index is 5.39. The van der Waals surface area contributed by atoms with Crippen molar-refractivity contribution in [3.63, 3.8) is 0 Å². The molecule has 0 fully saturated rings. The van der Waals surface area contributed by atoms with Gasteiger partial charge in [-0.15, -0.1) is 0 Å². The molecule has 1 atom stereocenters. The van der Waals surface area contributed by atoms with E-state index in [2.05, 4.69) is 10.6 Å². The van der Waals surface area contributed by atoms with Gasteiger partial charge >= 0.3 is 0 Å². The molecule has 0 heterocycles. The van der Waals surface area contributed by atoms with Crippen molar-refractivity contribution in [2.75, 3.05) is 26.6 Å². The molecule has 0 spiro atoms. The number of methoxy groups -OCH3 is 3. The van der Waals surface area contributed by atoms with Crippen molar-refractivity contribution in [3.05, 3.63) is 48.0 Å². The molecule has 0 bridgehead atoms. The number of rotatable bonds is 6. The first kappa shape index (κ1) is 17.9.